The van der Waals surface area contributed by atoms with E-state index >= 15 is 0 Å². The van der Waals surface area contributed by atoms with Gasteiger partial charge in [0.2, 0.25) is 0 Å². The Morgan fingerprint density at radius 1 is 1.19 bits per heavy atom. The fourth-order valence-electron chi connectivity index (χ4n) is 4.32. The van der Waals surface area contributed by atoms with Crippen LogP contribution in [0.4, 0.5) is 24.7 Å². The Labute approximate surface area is 218 Å². The molecule has 36 heavy (non-hydrogen) atoms. The minimum atomic E-state index is -4.46. The van der Waals surface area contributed by atoms with E-state index in [1.165, 1.54) is 0 Å². The fraction of sp³-hybridized carbons (Fsp3) is 0.360. The van der Waals surface area contributed by atoms with Gasteiger partial charge >= 0.3 is 6.18 Å². The molecule has 4 rings (SSSR count). The van der Waals surface area contributed by atoms with Crippen LogP contribution in [-0.2, 0) is 6.18 Å². The molecule has 1 saturated heterocycles. The SMILES string of the molecule is C=C(Nc1ccc(SN2CCN(c3cc(C(F)(F)F)cc(Cl)n3)CC2)cc1)C1CC(=NC)/C(=C\N)C1. The molecule has 1 aromatic heterocycles. The maximum atomic E-state index is 13.1. The lowest BCUT2D eigenvalue weighted by Gasteiger charge is -2.34. The maximum absolute atomic E-state index is 13.1. The number of hydrogen-bond acceptors (Lipinski definition) is 7. The number of piperazine rings is 1. The molecule has 0 spiro atoms. The Morgan fingerprint density at radius 2 is 1.89 bits per heavy atom. The molecule has 1 aromatic carbocycles. The van der Waals surface area contributed by atoms with Gasteiger partial charge in [0.1, 0.15) is 11.0 Å². The molecule has 1 atom stereocenters. The highest BCUT2D eigenvalue weighted by molar-refractivity contribution is 7.97. The van der Waals surface area contributed by atoms with Gasteiger partial charge in [-0.1, -0.05) is 18.2 Å². The smallest absolute Gasteiger partial charge is 0.404 e. The summed E-state index contributed by atoms with van der Waals surface area (Å²) >= 11 is 7.47. The number of pyridine rings is 1. The maximum Gasteiger partial charge on any atom is 0.416 e. The Kier molecular flexibility index (Phi) is 8.17. The number of nitrogens with zero attached hydrogens (tertiary/aromatic N) is 4. The lowest BCUT2D eigenvalue weighted by Crippen LogP contribution is -2.43. The van der Waals surface area contributed by atoms with E-state index in [2.05, 4.69) is 26.2 Å². The minimum Gasteiger partial charge on any atom is -0.404 e. The van der Waals surface area contributed by atoms with Gasteiger partial charge in [0.05, 0.1) is 5.56 Å². The molecule has 6 nitrogen and oxygen atoms in total. The number of rotatable bonds is 6. The Morgan fingerprint density at radius 3 is 2.47 bits per heavy atom. The van der Waals surface area contributed by atoms with E-state index < -0.39 is 11.7 Å². The largest absolute Gasteiger partial charge is 0.416 e. The van der Waals surface area contributed by atoms with Crippen LogP contribution in [0.5, 0.6) is 0 Å². The molecule has 2 heterocycles. The van der Waals surface area contributed by atoms with Gasteiger partial charge in [-0.3, -0.25) is 4.99 Å². The van der Waals surface area contributed by atoms with E-state index in [1.54, 1.807) is 25.2 Å². The molecule has 1 aliphatic heterocycles. The van der Waals surface area contributed by atoms with Crippen LogP contribution < -0.4 is 16.0 Å². The van der Waals surface area contributed by atoms with Crippen LogP contribution in [0, 0.1) is 5.92 Å². The first kappa shape index (κ1) is 26.4. The van der Waals surface area contributed by atoms with E-state index in [-0.39, 0.29) is 16.9 Å². The van der Waals surface area contributed by atoms with Crippen molar-refractivity contribution in [1.29, 1.82) is 0 Å². The van der Waals surface area contributed by atoms with E-state index in [0.717, 1.165) is 52.5 Å². The number of halogens is 4. The molecule has 2 aliphatic rings. The van der Waals surface area contributed by atoms with Crippen LogP contribution in [0.2, 0.25) is 5.15 Å². The molecule has 11 heteroatoms. The summed E-state index contributed by atoms with van der Waals surface area (Å²) in [5, 5.41) is 3.25. The van der Waals surface area contributed by atoms with Gasteiger partial charge in [0.15, 0.2) is 0 Å². The molecule has 2 aromatic rings. The number of hydrogen-bond donors (Lipinski definition) is 2. The predicted octanol–water partition coefficient (Wildman–Crippen LogP) is 5.83. The Balaban J connectivity index is 1.29. The molecule has 2 fully saturated rings. The number of aliphatic imine (C=N–C) groups is 1. The topological polar surface area (TPSA) is 69.8 Å². The van der Waals surface area contributed by atoms with Crippen molar-refractivity contribution < 1.29 is 13.2 Å². The average molecular weight is 537 g/mol. The Bertz CT molecular complexity index is 1140. The predicted molar refractivity (Wildman–Crippen MR) is 141 cm³/mol. The molecule has 192 valence electrons. The summed E-state index contributed by atoms with van der Waals surface area (Å²) in [5.41, 5.74) is 8.94. The fourth-order valence-corrected chi connectivity index (χ4v) is 5.42. The highest BCUT2D eigenvalue weighted by Gasteiger charge is 2.32. The van der Waals surface area contributed by atoms with E-state index in [4.69, 9.17) is 17.3 Å². The van der Waals surface area contributed by atoms with Crippen LogP contribution in [0.3, 0.4) is 0 Å². The van der Waals surface area contributed by atoms with Crippen molar-refractivity contribution in [2.45, 2.75) is 23.9 Å². The van der Waals surface area contributed by atoms with Gasteiger partial charge in [0, 0.05) is 61.1 Å². The van der Waals surface area contributed by atoms with Crippen molar-refractivity contribution in [3.8, 4) is 0 Å². The number of nitrogens with two attached hydrogens (primary N) is 1. The van der Waals surface area contributed by atoms with E-state index in [9.17, 15) is 13.2 Å². The second kappa shape index (κ2) is 11.1. The summed E-state index contributed by atoms with van der Waals surface area (Å²) in [6.45, 7) is 6.68. The number of anilines is 2. The minimum absolute atomic E-state index is 0.156. The summed E-state index contributed by atoms with van der Waals surface area (Å²) < 4.78 is 41.6. The van der Waals surface area contributed by atoms with Gasteiger partial charge in [-0.15, -0.1) is 0 Å². The summed E-state index contributed by atoms with van der Waals surface area (Å²) in [7, 11) is 1.78. The number of nitrogens with one attached hydrogen (secondary N) is 1. The molecule has 1 aliphatic carbocycles. The van der Waals surface area contributed by atoms with Crippen LogP contribution in [0.15, 0.2) is 70.3 Å². The number of benzene rings is 1. The highest BCUT2D eigenvalue weighted by atomic mass is 35.5. The van der Waals surface area contributed by atoms with Crippen molar-refractivity contribution in [3.63, 3.8) is 0 Å². The first-order valence-electron chi connectivity index (χ1n) is 11.5. The molecule has 0 bridgehead atoms. The summed E-state index contributed by atoms with van der Waals surface area (Å²) in [4.78, 5) is 11.3. The van der Waals surface area contributed by atoms with Gasteiger partial charge in [-0.25, -0.2) is 9.29 Å². The van der Waals surface area contributed by atoms with Gasteiger partial charge in [0.25, 0.3) is 0 Å². The van der Waals surface area contributed by atoms with Crippen molar-refractivity contribution >= 4 is 40.8 Å². The first-order chi connectivity index (χ1) is 17.2. The van der Waals surface area contributed by atoms with Crippen LogP contribution in [0.25, 0.3) is 0 Å². The number of allylic oxidation sites excluding steroid dienone is 2. The monoisotopic (exact) mass is 536 g/mol. The summed E-state index contributed by atoms with van der Waals surface area (Å²) in [6.07, 6.45) is -1.17. The zero-order chi connectivity index (χ0) is 25.9. The third-order valence-electron chi connectivity index (χ3n) is 6.30. The van der Waals surface area contributed by atoms with Crippen LogP contribution in [-0.4, -0.2) is 48.2 Å². The van der Waals surface area contributed by atoms with Gasteiger partial charge in [-0.2, -0.15) is 13.2 Å². The lowest BCUT2D eigenvalue weighted by atomic mass is 10.0. The normalized spacial score (nSPS) is 21.4. The van der Waals surface area contributed by atoms with Crippen molar-refractivity contribution in [2.24, 2.45) is 16.6 Å². The van der Waals surface area contributed by atoms with Crippen molar-refractivity contribution in [3.05, 3.63) is 71.2 Å². The molecule has 3 N–H and O–H groups in total. The van der Waals surface area contributed by atoms with Crippen molar-refractivity contribution in [2.75, 3.05) is 43.4 Å². The molecular formula is C25H28ClF3N6S. The zero-order valence-corrected chi connectivity index (χ0v) is 21.4. The quantitative estimate of drug-likeness (QED) is 0.357. The lowest BCUT2D eigenvalue weighted by molar-refractivity contribution is -0.137. The van der Waals surface area contributed by atoms with E-state index in [0.29, 0.717) is 26.2 Å². The zero-order valence-electron chi connectivity index (χ0n) is 19.9. The average Bonchev–Trinajstić information content (AvgIpc) is 3.29. The molecule has 0 radical (unpaired) electrons. The van der Waals surface area contributed by atoms with Crippen LogP contribution in [0.1, 0.15) is 18.4 Å². The van der Waals surface area contributed by atoms with E-state index in [1.807, 2.05) is 29.2 Å². The molecule has 0 amide bonds. The molecular weight excluding hydrogens is 509 g/mol. The first-order valence-corrected chi connectivity index (χ1v) is 12.7. The highest BCUT2D eigenvalue weighted by Crippen LogP contribution is 2.35. The number of alkyl halides is 3. The van der Waals surface area contributed by atoms with Crippen molar-refractivity contribution in [1.82, 2.24) is 9.29 Å². The van der Waals surface area contributed by atoms with Gasteiger partial charge < -0.3 is 16.0 Å². The summed E-state index contributed by atoms with van der Waals surface area (Å²) in [6, 6.07) is 10.0. The molecule has 1 unspecified atom stereocenters. The Hall–Kier alpha value is -2.69. The van der Waals surface area contributed by atoms with Crippen LogP contribution >= 0.6 is 23.5 Å². The second-order valence-electron chi connectivity index (χ2n) is 8.68. The second-order valence-corrected chi connectivity index (χ2v) is 10.2. The summed E-state index contributed by atoms with van der Waals surface area (Å²) in [5.74, 6) is 0.508. The standard InChI is InChI=1S/C25H28ClF3N6S/c1-16(17-11-18(15-30)22(12-17)31-2)32-20-3-5-21(6-4-20)36-35-9-7-34(8-10-35)24-14-19(25(27,28)29)13-23(26)33-24/h3-6,13-15,17,32H,1,7-12,30H2,2H3/b18-15-,31-22?. The molecule has 1 saturated carbocycles. The third kappa shape index (κ3) is 6.35. The number of aromatic nitrogens is 1. The third-order valence-corrected chi connectivity index (χ3v) is 7.60. The van der Waals surface area contributed by atoms with Gasteiger partial charge in [-0.05, 0) is 73.0 Å².